The van der Waals surface area contributed by atoms with E-state index in [0.29, 0.717) is 6.54 Å². The third kappa shape index (κ3) is 3.23. The van der Waals surface area contributed by atoms with Gasteiger partial charge in [0.2, 0.25) is 0 Å². The van der Waals surface area contributed by atoms with E-state index in [1.807, 2.05) is 43.0 Å². The van der Waals surface area contributed by atoms with Crippen LogP contribution in [-0.2, 0) is 0 Å². The molecular formula is C17H18FNO. The molecule has 0 heterocycles. The number of hydrogen-bond donors (Lipinski definition) is 0. The van der Waals surface area contributed by atoms with Crippen LogP contribution in [0, 0.1) is 12.7 Å². The van der Waals surface area contributed by atoms with Crippen molar-refractivity contribution in [3.63, 3.8) is 0 Å². The van der Waals surface area contributed by atoms with E-state index in [1.165, 1.54) is 17.7 Å². The van der Waals surface area contributed by atoms with Gasteiger partial charge in [0.15, 0.2) is 5.78 Å². The molecule has 2 rings (SSSR count). The molecule has 0 radical (unpaired) electrons. The second kappa shape index (κ2) is 6.33. The van der Waals surface area contributed by atoms with Crippen LogP contribution < -0.4 is 4.90 Å². The third-order valence-corrected chi connectivity index (χ3v) is 3.29. The fourth-order valence-electron chi connectivity index (χ4n) is 2.09. The summed E-state index contributed by atoms with van der Waals surface area (Å²) in [6, 6.07) is 14.1. The predicted molar refractivity (Wildman–Crippen MR) is 79.8 cm³/mol. The van der Waals surface area contributed by atoms with Crippen molar-refractivity contribution in [3.05, 3.63) is 65.5 Å². The lowest BCUT2D eigenvalue weighted by Gasteiger charge is -2.22. The summed E-state index contributed by atoms with van der Waals surface area (Å²) in [6.07, 6.45) is 0. The molecule has 0 unspecified atom stereocenters. The van der Waals surface area contributed by atoms with E-state index >= 15 is 0 Å². The van der Waals surface area contributed by atoms with Gasteiger partial charge in [-0.15, -0.1) is 0 Å². The molecule has 0 aliphatic heterocycles. The first kappa shape index (κ1) is 14.3. The van der Waals surface area contributed by atoms with E-state index < -0.39 is 5.82 Å². The number of aryl methyl sites for hydroxylation is 1. The van der Waals surface area contributed by atoms with Crippen LogP contribution in [0.15, 0.2) is 48.5 Å². The second-order valence-corrected chi connectivity index (χ2v) is 4.75. The summed E-state index contributed by atoms with van der Waals surface area (Å²) < 4.78 is 13.6. The molecule has 0 amide bonds. The van der Waals surface area contributed by atoms with Crippen molar-refractivity contribution >= 4 is 11.5 Å². The van der Waals surface area contributed by atoms with Crippen LogP contribution in [0.3, 0.4) is 0 Å². The Kier molecular flexibility index (Phi) is 4.51. The summed E-state index contributed by atoms with van der Waals surface area (Å²) in [5.41, 5.74) is 2.30. The number of hydrogen-bond acceptors (Lipinski definition) is 2. The lowest BCUT2D eigenvalue weighted by Crippen LogP contribution is -2.30. The first-order chi connectivity index (χ1) is 9.61. The number of likely N-dealkylation sites (N-methyl/N-ethyl adjacent to an activating group) is 1. The van der Waals surface area contributed by atoms with Crippen molar-refractivity contribution in [2.75, 3.05) is 18.0 Å². The van der Waals surface area contributed by atoms with Crippen LogP contribution in [0.4, 0.5) is 10.1 Å². The molecular weight excluding hydrogens is 253 g/mol. The van der Waals surface area contributed by atoms with Crippen LogP contribution in [0.5, 0.6) is 0 Å². The minimum atomic E-state index is -0.461. The first-order valence-corrected chi connectivity index (χ1v) is 6.71. The van der Waals surface area contributed by atoms with Crippen LogP contribution in [-0.4, -0.2) is 18.9 Å². The van der Waals surface area contributed by atoms with Gasteiger partial charge < -0.3 is 4.90 Å². The molecule has 0 saturated carbocycles. The quantitative estimate of drug-likeness (QED) is 0.770. The normalized spacial score (nSPS) is 10.3. The molecule has 0 aliphatic rings. The smallest absolute Gasteiger partial charge is 0.185 e. The number of nitrogens with zero attached hydrogens (tertiary/aromatic N) is 1. The van der Waals surface area contributed by atoms with Gasteiger partial charge in [0.25, 0.3) is 0 Å². The number of anilines is 1. The van der Waals surface area contributed by atoms with Crippen LogP contribution in [0.1, 0.15) is 22.8 Å². The van der Waals surface area contributed by atoms with E-state index in [1.54, 1.807) is 12.1 Å². The summed E-state index contributed by atoms with van der Waals surface area (Å²) in [6.45, 7) is 4.88. The van der Waals surface area contributed by atoms with Gasteiger partial charge >= 0.3 is 0 Å². The largest absolute Gasteiger partial charge is 0.364 e. The first-order valence-electron chi connectivity index (χ1n) is 6.71. The molecule has 0 bridgehead atoms. The molecule has 0 fully saturated rings. The SMILES string of the molecule is CCN(CC(=O)c1ccccc1F)c1ccc(C)cc1. The van der Waals surface area contributed by atoms with Crippen molar-refractivity contribution in [2.45, 2.75) is 13.8 Å². The molecule has 0 aliphatic carbocycles. The van der Waals surface area contributed by atoms with Crippen molar-refractivity contribution in [3.8, 4) is 0 Å². The van der Waals surface area contributed by atoms with Gasteiger partial charge in [-0.25, -0.2) is 4.39 Å². The van der Waals surface area contributed by atoms with Crippen molar-refractivity contribution in [1.29, 1.82) is 0 Å². The van der Waals surface area contributed by atoms with Gasteiger partial charge in [0.1, 0.15) is 5.82 Å². The van der Waals surface area contributed by atoms with Crippen molar-refractivity contribution < 1.29 is 9.18 Å². The van der Waals surface area contributed by atoms with Crippen molar-refractivity contribution in [2.24, 2.45) is 0 Å². The van der Waals surface area contributed by atoms with Crippen LogP contribution >= 0.6 is 0 Å². The Balaban J connectivity index is 2.16. The Labute approximate surface area is 118 Å². The maximum Gasteiger partial charge on any atom is 0.185 e. The highest BCUT2D eigenvalue weighted by Crippen LogP contribution is 2.16. The van der Waals surface area contributed by atoms with Crippen molar-refractivity contribution in [1.82, 2.24) is 0 Å². The predicted octanol–water partition coefficient (Wildman–Crippen LogP) is 3.84. The fraction of sp³-hybridized carbons (Fsp3) is 0.235. The number of benzene rings is 2. The number of ketones is 1. The highest BCUT2D eigenvalue weighted by atomic mass is 19.1. The number of rotatable bonds is 5. The Hall–Kier alpha value is -2.16. The molecule has 3 heteroatoms. The molecule has 2 aromatic carbocycles. The average molecular weight is 271 g/mol. The molecule has 0 saturated heterocycles. The zero-order chi connectivity index (χ0) is 14.5. The molecule has 0 atom stereocenters. The Bertz CT molecular complexity index is 592. The molecule has 0 spiro atoms. The molecule has 20 heavy (non-hydrogen) atoms. The van der Waals surface area contributed by atoms with E-state index in [4.69, 9.17) is 0 Å². The van der Waals surface area contributed by atoms with Crippen LogP contribution in [0.25, 0.3) is 0 Å². The zero-order valence-electron chi connectivity index (χ0n) is 11.8. The van der Waals surface area contributed by atoms with Gasteiger partial charge in [-0.1, -0.05) is 29.8 Å². The highest BCUT2D eigenvalue weighted by molar-refractivity contribution is 5.99. The minimum absolute atomic E-state index is 0.151. The topological polar surface area (TPSA) is 20.3 Å². The number of carbonyl (C=O) groups is 1. The van der Waals surface area contributed by atoms with Gasteiger partial charge in [-0.3, -0.25) is 4.79 Å². The Morgan fingerprint density at radius 3 is 2.35 bits per heavy atom. The van der Waals surface area contributed by atoms with Crippen LogP contribution in [0.2, 0.25) is 0 Å². The summed E-state index contributed by atoms with van der Waals surface area (Å²) in [7, 11) is 0. The van der Waals surface area contributed by atoms with E-state index in [0.717, 1.165) is 5.69 Å². The summed E-state index contributed by atoms with van der Waals surface area (Å²) in [5.74, 6) is -0.664. The molecule has 2 aromatic rings. The molecule has 0 aromatic heterocycles. The Morgan fingerprint density at radius 2 is 1.75 bits per heavy atom. The molecule has 104 valence electrons. The summed E-state index contributed by atoms with van der Waals surface area (Å²) >= 11 is 0. The fourth-order valence-corrected chi connectivity index (χ4v) is 2.09. The lowest BCUT2D eigenvalue weighted by atomic mass is 10.1. The van der Waals surface area contributed by atoms with Gasteiger partial charge in [0.05, 0.1) is 12.1 Å². The van der Waals surface area contributed by atoms with Gasteiger partial charge in [0, 0.05) is 12.2 Å². The molecule has 2 nitrogen and oxygen atoms in total. The monoisotopic (exact) mass is 271 g/mol. The number of Topliss-reactive ketones (excluding diaryl/α,β-unsaturated/α-hetero) is 1. The standard InChI is InChI=1S/C17H18FNO/c1-3-19(14-10-8-13(2)9-11-14)12-17(20)15-6-4-5-7-16(15)18/h4-11H,3,12H2,1-2H3. The second-order valence-electron chi connectivity index (χ2n) is 4.75. The summed E-state index contributed by atoms with van der Waals surface area (Å²) in [4.78, 5) is 14.1. The zero-order valence-corrected chi connectivity index (χ0v) is 11.8. The Morgan fingerprint density at radius 1 is 1.10 bits per heavy atom. The number of carbonyl (C=O) groups excluding carboxylic acids is 1. The highest BCUT2D eigenvalue weighted by Gasteiger charge is 2.15. The lowest BCUT2D eigenvalue weighted by molar-refractivity contribution is 0.0995. The van der Waals surface area contributed by atoms with E-state index in [2.05, 4.69) is 0 Å². The van der Waals surface area contributed by atoms with E-state index in [-0.39, 0.29) is 17.9 Å². The molecule has 0 N–H and O–H groups in total. The van der Waals surface area contributed by atoms with Gasteiger partial charge in [-0.2, -0.15) is 0 Å². The maximum atomic E-state index is 13.6. The van der Waals surface area contributed by atoms with Gasteiger partial charge in [-0.05, 0) is 38.1 Å². The maximum absolute atomic E-state index is 13.6. The average Bonchev–Trinajstić information content (AvgIpc) is 2.46. The third-order valence-electron chi connectivity index (χ3n) is 3.29. The van der Waals surface area contributed by atoms with E-state index in [9.17, 15) is 9.18 Å². The number of halogens is 1. The minimum Gasteiger partial charge on any atom is -0.364 e. The summed E-state index contributed by atoms with van der Waals surface area (Å²) in [5, 5.41) is 0.